The van der Waals surface area contributed by atoms with Crippen LogP contribution in [0.15, 0.2) is 53.7 Å². The molecule has 110 valence electrons. The molecule has 2 heterocycles. The van der Waals surface area contributed by atoms with E-state index in [0.29, 0.717) is 18.5 Å². The van der Waals surface area contributed by atoms with Crippen LogP contribution < -0.4 is 5.73 Å². The number of hydrogen-bond donors (Lipinski definition) is 1. The van der Waals surface area contributed by atoms with Crippen molar-refractivity contribution in [1.29, 1.82) is 0 Å². The Bertz CT molecular complexity index is 876. The molecule has 0 aliphatic rings. The lowest BCUT2D eigenvalue weighted by Crippen LogP contribution is -2.11. The van der Waals surface area contributed by atoms with Crippen molar-refractivity contribution >= 4 is 21.1 Å². The highest BCUT2D eigenvalue weighted by molar-refractivity contribution is 7.90. The number of nitrogens with zero attached hydrogens (tertiary/aromatic N) is 2. The molecule has 3 rings (SSSR count). The molecule has 0 aliphatic carbocycles. The molecule has 6 heteroatoms. The van der Waals surface area contributed by atoms with Crippen LogP contribution in [-0.2, 0) is 23.5 Å². The van der Waals surface area contributed by atoms with Crippen LogP contribution in [0.5, 0.6) is 0 Å². The van der Waals surface area contributed by atoms with Crippen LogP contribution in [0, 0.1) is 0 Å². The van der Waals surface area contributed by atoms with Crippen LogP contribution in [-0.4, -0.2) is 23.5 Å². The van der Waals surface area contributed by atoms with Gasteiger partial charge in [-0.2, -0.15) is 0 Å². The molecule has 2 aromatic heterocycles. The lowest BCUT2D eigenvalue weighted by Gasteiger charge is -2.06. The highest BCUT2D eigenvalue weighted by Crippen LogP contribution is 2.26. The van der Waals surface area contributed by atoms with Gasteiger partial charge in [-0.15, -0.1) is 0 Å². The minimum atomic E-state index is -3.59. The van der Waals surface area contributed by atoms with Crippen molar-refractivity contribution in [2.45, 2.75) is 11.3 Å². The van der Waals surface area contributed by atoms with Crippen LogP contribution in [0.4, 0.5) is 0 Å². The molecule has 0 saturated heterocycles. The van der Waals surface area contributed by atoms with Gasteiger partial charge in [0.05, 0.1) is 15.9 Å². The van der Waals surface area contributed by atoms with Gasteiger partial charge in [0.1, 0.15) is 0 Å². The summed E-state index contributed by atoms with van der Waals surface area (Å²) >= 11 is 0. The quantitative estimate of drug-likeness (QED) is 0.798. The SMILES string of the molecule is Cn1ccc2c1c(CCN)cn2S(=O)(=O)c1ccccc1. The Kier molecular flexibility index (Phi) is 3.35. The molecule has 21 heavy (non-hydrogen) atoms. The molecule has 1 aromatic carbocycles. The number of benzene rings is 1. The zero-order chi connectivity index (χ0) is 15.0. The van der Waals surface area contributed by atoms with Gasteiger partial charge in [-0.3, -0.25) is 0 Å². The highest BCUT2D eigenvalue weighted by atomic mass is 32.2. The predicted octanol–water partition coefficient (Wildman–Crippen LogP) is 1.72. The minimum Gasteiger partial charge on any atom is -0.349 e. The fourth-order valence-electron chi connectivity index (χ4n) is 2.60. The molecule has 3 aromatic rings. The van der Waals surface area contributed by atoms with E-state index in [1.165, 1.54) is 3.97 Å². The summed E-state index contributed by atoms with van der Waals surface area (Å²) in [7, 11) is -1.68. The molecule has 0 atom stereocenters. The molecule has 0 spiro atoms. The third-order valence-corrected chi connectivity index (χ3v) is 5.27. The molecule has 0 aliphatic heterocycles. The Morgan fingerprint density at radius 2 is 1.86 bits per heavy atom. The maximum atomic E-state index is 12.8. The first-order valence-corrected chi connectivity index (χ1v) is 8.15. The van der Waals surface area contributed by atoms with Gasteiger partial charge in [0.2, 0.25) is 0 Å². The van der Waals surface area contributed by atoms with Crippen molar-refractivity contribution in [3.05, 3.63) is 54.4 Å². The van der Waals surface area contributed by atoms with E-state index in [-0.39, 0.29) is 4.90 Å². The maximum Gasteiger partial charge on any atom is 0.268 e. The third kappa shape index (κ3) is 2.16. The van der Waals surface area contributed by atoms with E-state index in [1.54, 1.807) is 36.5 Å². The number of aromatic nitrogens is 2. The van der Waals surface area contributed by atoms with Crippen LogP contribution in [0.25, 0.3) is 11.0 Å². The second-order valence-electron chi connectivity index (χ2n) is 4.97. The van der Waals surface area contributed by atoms with Crippen molar-refractivity contribution in [2.75, 3.05) is 6.54 Å². The molecular formula is C15H17N3O2S. The summed E-state index contributed by atoms with van der Waals surface area (Å²) in [6.45, 7) is 0.482. The Morgan fingerprint density at radius 3 is 2.52 bits per heavy atom. The van der Waals surface area contributed by atoms with Gasteiger partial charge >= 0.3 is 0 Å². The van der Waals surface area contributed by atoms with E-state index in [9.17, 15) is 8.42 Å². The number of aryl methyl sites for hydroxylation is 1. The van der Waals surface area contributed by atoms with Crippen LogP contribution in [0.3, 0.4) is 0 Å². The van der Waals surface area contributed by atoms with E-state index in [0.717, 1.165) is 11.1 Å². The zero-order valence-corrected chi connectivity index (χ0v) is 12.5. The number of rotatable bonds is 4. The lowest BCUT2D eigenvalue weighted by atomic mass is 10.2. The smallest absolute Gasteiger partial charge is 0.268 e. The van der Waals surface area contributed by atoms with E-state index in [1.807, 2.05) is 23.9 Å². The average Bonchev–Trinajstić information content (AvgIpc) is 3.03. The summed E-state index contributed by atoms with van der Waals surface area (Å²) < 4.78 is 28.9. The van der Waals surface area contributed by atoms with E-state index in [4.69, 9.17) is 5.73 Å². The molecule has 0 fully saturated rings. The van der Waals surface area contributed by atoms with Gasteiger partial charge < -0.3 is 10.3 Å². The molecule has 0 unspecified atom stereocenters. The average molecular weight is 303 g/mol. The van der Waals surface area contributed by atoms with Crippen LogP contribution in [0.2, 0.25) is 0 Å². The molecule has 0 saturated carbocycles. The molecule has 0 bridgehead atoms. The Balaban J connectivity index is 2.26. The summed E-state index contributed by atoms with van der Waals surface area (Å²) in [5.74, 6) is 0. The first-order chi connectivity index (χ1) is 10.1. The second-order valence-corrected chi connectivity index (χ2v) is 6.78. The maximum absolute atomic E-state index is 12.8. The fraction of sp³-hybridized carbons (Fsp3) is 0.200. The zero-order valence-electron chi connectivity index (χ0n) is 11.7. The normalized spacial score (nSPS) is 12.1. The van der Waals surface area contributed by atoms with E-state index >= 15 is 0 Å². The Hall–Kier alpha value is -2.05. The molecular weight excluding hydrogens is 286 g/mol. The van der Waals surface area contributed by atoms with Crippen LogP contribution >= 0.6 is 0 Å². The summed E-state index contributed by atoms with van der Waals surface area (Å²) in [4.78, 5) is 0.282. The first-order valence-electron chi connectivity index (χ1n) is 6.71. The van der Waals surface area contributed by atoms with Crippen molar-refractivity contribution in [1.82, 2.24) is 8.54 Å². The molecule has 5 nitrogen and oxygen atoms in total. The topological polar surface area (TPSA) is 70.0 Å². The van der Waals surface area contributed by atoms with Gasteiger partial charge in [-0.05, 0) is 36.7 Å². The fourth-order valence-corrected chi connectivity index (χ4v) is 4.00. The monoisotopic (exact) mass is 303 g/mol. The Morgan fingerprint density at radius 1 is 1.14 bits per heavy atom. The van der Waals surface area contributed by atoms with Gasteiger partial charge in [-0.1, -0.05) is 18.2 Å². The highest BCUT2D eigenvalue weighted by Gasteiger charge is 2.22. The molecule has 0 amide bonds. The number of fused-ring (bicyclic) bond motifs is 1. The van der Waals surface area contributed by atoms with Crippen molar-refractivity contribution in [3.63, 3.8) is 0 Å². The minimum absolute atomic E-state index is 0.282. The summed E-state index contributed by atoms with van der Waals surface area (Å²) in [6.07, 6.45) is 4.19. The van der Waals surface area contributed by atoms with Gasteiger partial charge in [0.25, 0.3) is 10.0 Å². The Labute approximate surface area is 123 Å². The third-order valence-electron chi connectivity index (χ3n) is 3.58. The van der Waals surface area contributed by atoms with E-state index in [2.05, 4.69) is 0 Å². The summed E-state index contributed by atoms with van der Waals surface area (Å²) in [5.41, 5.74) is 8.18. The number of hydrogen-bond acceptors (Lipinski definition) is 3. The summed E-state index contributed by atoms with van der Waals surface area (Å²) in [6, 6.07) is 10.3. The van der Waals surface area contributed by atoms with Crippen LogP contribution in [0.1, 0.15) is 5.56 Å². The summed E-state index contributed by atoms with van der Waals surface area (Å²) in [5, 5.41) is 0. The van der Waals surface area contributed by atoms with Gasteiger partial charge in [-0.25, -0.2) is 12.4 Å². The first kappa shape index (κ1) is 13.9. The van der Waals surface area contributed by atoms with Crippen molar-refractivity contribution in [2.24, 2.45) is 12.8 Å². The largest absolute Gasteiger partial charge is 0.349 e. The lowest BCUT2D eigenvalue weighted by molar-refractivity contribution is 0.589. The standard InChI is InChI=1S/C15H17N3O2S/c1-17-10-8-14-15(17)12(7-9-16)11-18(14)21(19,20)13-5-3-2-4-6-13/h2-6,8,10-11H,7,9,16H2,1H3. The van der Waals surface area contributed by atoms with E-state index < -0.39 is 10.0 Å². The molecule has 2 N–H and O–H groups in total. The van der Waals surface area contributed by atoms with Crippen molar-refractivity contribution < 1.29 is 8.42 Å². The van der Waals surface area contributed by atoms with Gasteiger partial charge in [0.15, 0.2) is 0 Å². The molecule has 0 radical (unpaired) electrons. The second kappa shape index (κ2) is 5.05. The van der Waals surface area contributed by atoms with Gasteiger partial charge in [0, 0.05) is 19.4 Å². The predicted molar refractivity (Wildman–Crippen MR) is 82.7 cm³/mol. The van der Waals surface area contributed by atoms with Crippen molar-refractivity contribution in [3.8, 4) is 0 Å². The number of nitrogens with two attached hydrogens (primary N) is 1.